The summed E-state index contributed by atoms with van der Waals surface area (Å²) < 4.78 is 42.8. The van der Waals surface area contributed by atoms with Crippen molar-refractivity contribution < 1.29 is 17.6 Å². The van der Waals surface area contributed by atoms with E-state index in [1.165, 1.54) is 42.5 Å². The number of anilines is 1. The summed E-state index contributed by atoms with van der Waals surface area (Å²) in [5.41, 5.74) is 2.42. The molecule has 0 atom stereocenters. The highest BCUT2D eigenvalue weighted by Crippen LogP contribution is 2.25. The molecule has 1 aromatic heterocycles. The number of nitrogens with one attached hydrogen (secondary N) is 1. The van der Waals surface area contributed by atoms with Crippen LogP contribution in [-0.4, -0.2) is 47.3 Å². The maximum atomic E-state index is 13.9. The van der Waals surface area contributed by atoms with Crippen LogP contribution in [0, 0.1) is 5.82 Å². The van der Waals surface area contributed by atoms with Gasteiger partial charge in [-0.05, 0) is 36.4 Å². The first kappa shape index (κ1) is 21.8. The third kappa shape index (κ3) is 4.27. The Hall–Kier alpha value is -4.05. The van der Waals surface area contributed by atoms with E-state index in [1.54, 1.807) is 9.58 Å². The highest BCUT2D eigenvalue weighted by atomic mass is 32.2. The van der Waals surface area contributed by atoms with E-state index in [4.69, 9.17) is 0 Å². The van der Waals surface area contributed by atoms with Crippen LogP contribution in [0.4, 0.5) is 10.1 Å². The molecular weight excluding hydrogens is 457 g/mol. The van der Waals surface area contributed by atoms with Gasteiger partial charge in [0.25, 0.3) is 15.9 Å². The number of likely N-dealkylation sites (tertiary alicyclic amines) is 1. The molecule has 3 aromatic carbocycles. The Morgan fingerprint density at radius 2 is 1.62 bits per heavy atom. The van der Waals surface area contributed by atoms with Crippen LogP contribution in [-0.2, 0) is 10.0 Å². The molecule has 1 aliphatic heterocycles. The fourth-order valence-electron chi connectivity index (χ4n) is 3.72. The number of hydrogen-bond donors (Lipinski definition) is 1. The topological polar surface area (TPSA) is 97.2 Å². The van der Waals surface area contributed by atoms with Gasteiger partial charge < -0.3 is 4.90 Å². The van der Waals surface area contributed by atoms with Crippen LogP contribution in [0.5, 0.6) is 0 Å². The highest BCUT2D eigenvalue weighted by molar-refractivity contribution is 7.92. The van der Waals surface area contributed by atoms with E-state index in [0.717, 1.165) is 17.3 Å². The Balaban J connectivity index is 1.21. The lowest BCUT2D eigenvalue weighted by atomic mass is 10.1. The van der Waals surface area contributed by atoms with Crippen LogP contribution in [0.15, 0.2) is 90.0 Å². The lowest BCUT2D eigenvalue weighted by molar-refractivity contribution is 0.0498. The second-order valence-electron chi connectivity index (χ2n) is 7.93. The largest absolute Gasteiger partial charge is 0.334 e. The number of nitrogens with zero attached hydrogens (tertiary/aromatic N) is 4. The number of halogens is 1. The van der Waals surface area contributed by atoms with Crippen molar-refractivity contribution in [3.63, 3.8) is 0 Å². The maximum Gasteiger partial charge on any atom is 0.264 e. The van der Waals surface area contributed by atoms with E-state index in [2.05, 4.69) is 15.0 Å². The van der Waals surface area contributed by atoms with Crippen molar-refractivity contribution in [1.82, 2.24) is 19.9 Å². The first-order valence-electron chi connectivity index (χ1n) is 10.5. The molecule has 0 aliphatic carbocycles. The van der Waals surface area contributed by atoms with Crippen LogP contribution < -0.4 is 4.72 Å². The highest BCUT2D eigenvalue weighted by Gasteiger charge is 2.33. The SMILES string of the molecule is O=C(c1ccc(NS(=O)(=O)c2ccccc2F)cc1)N1CC(n2cc(-c3ccccc3)nn2)C1. The van der Waals surface area contributed by atoms with Gasteiger partial charge in [-0.15, -0.1) is 5.10 Å². The molecular formula is C24H20FN5O3S. The zero-order valence-corrected chi connectivity index (χ0v) is 18.7. The van der Waals surface area contributed by atoms with Gasteiger partial charge in [0.15, 0.2) is 0 Å². The minimum Gasteiger partial charge on any atom is -0.334 e. The fourth-order valence-corrected chi connectivity index (χ4v) is 4.86. The molecule has 0 bridgehead atoms. The molecule has 5 rings (SSSR count). The van der Waals surface area contributed by atoms with Gasteiger partial charge in [0, 0.05) is 29.9 Å². The average Bonchev–Trinajstić information content (AvgIpc) is 3.29. The molecule has 0 saturated carbocycles. The Morgan fingerprint density at radius 1 is 0.941 bits per heavy atom. The number of rotatable bonds is 6. The van der Waals surface area contributed by atoms with Crippen LogP contribution in [0.2, 0.25) is 0 Å². The predicted molar refractivity (Wildman–Crippen MR) is 124 cm³/mol. The van der Waals surface area contributed by atoms with E-state index in [0.29, 0.717) is 18.7 Å². The van der Waals surface area contributed by atoms with Crippen molar-refractivity contribution in [2.45, 2.75) is 10.9 Å². The summed E-state index contributed by atoms with van der Waals surface area (Å²) >= 11 is 0. The van der Waals surface area contributed by atoms with Crippen LogP contribution in [0.3, 0.4) is 0 Å². The summed E-state index contributed by atoms with van der Waals surface area (Å²) in [6.45, 7) is 0.996. The van der Waals surface area contributed by atoms with Crippen molar-refractivity contribution in [3.8, 4) is 11.3 Å². The average molecular weight is 478 g/mol. The fraction of sp³-hybridized carbons (Fsp3) is 0.125. The molecule has 0 spiro atoms. The Morgan fingerprint density at radius 3 is 2.32 bits per heavy atom. The first-order chi connectivity index (χ1) is 16.4. The second-order valence-corrected chi connectivity index (χ2v) is 9.58. The third-order valence-corrected chi connectivity index (χ3v) is 7.03. The van der Waals surface area contributed by atoms with Gasteiger partial charge in [0.05, 0.1) is 12.2 Å². The zero-order valence-electron chi connectivity index (χ0n) is 17.9. The van der Waals surface area contributed by atoms with E-state index < -0.39 is 20.7 Å². The number of amides is 1. The summed E-state index contributed by atoms with van der Waals surface area (Å²) in [5.74, 6) is -0.999. The third-order valence-electron chi connectivity index (χ3n) is 5.61. The molecule has 4 aromatic rings. The maximum absolute atomic E-state index is 13.9. The van der Waals surface area contributed by atoms with Gasteiger partial charge in [-0.2, -0.15) is 0 Å². The zero-order chi connectivity index (χ0) is 23.7. The van der Waals surface area contributed by atoms with E-state index in [9.17, 15) is 17.6 Å². The van der Waals surface area contributed by atoms with Crippen molar-refractivity contribution >= 4 is 21.6 Å². The van der Waals surface area contributed by atoms with Crippen molar-refractivity contribution in [2.75, 3.05) is 17.8 Å². The van der Waals surface area contributed by atoms with Crippen molar-refractivity contribution in [3.05, 3.63) is 96.4 Å². The van der Waals surface area contributed by atoms with Crippen molar-refractivity contribution in [2.24, 2.45) is 0 Å². The summed E-state index contributed by atoms with van der Waals surface area (Å²) in [6.07, 6.45) is 1.87. The smallest absolute Gasteiger partial charge is 0.264 e. The predicted octanol–water partition coefficient (Wildman–Crippen LogP) is 3.58. The molecule has 0 unspecified atom stereocenters. The lowest BCUT2D eigenvalue weighted by Gasteiger charge is -2.38. The Labute approximate surface area is 195 Å². The number of benzene rings is 3. The molecule has 0 radical (unpaired) electrons. The Kier molecular flexibility index (Phi) is 5.58. The molecule has 34 heavy (non-hydrogen) atoms. The molecule has 10 heteroatoms. The molecule has 1 N–H and O–H groups in total. The number of sulfonamides is 1. The van der Waals surface area contributed by atoms with Crippen LogP contribution in [0.1, 0.15) is 16.4 Å². The lowest BCUT2D eigenvalue weighted by Crippen LogP contribution is -2.50. The molecule has 1 aliphatic rings. The summed E-state index contributed by atoms with van der Waals surface area (Å²) in [6, 6.07) is 21.0. The van der Waals surface area contributed by atoms with Gasteiger partial charge in [0.2, 0.25) is 0 Å². The van der Waals surface area contributed by atoms with Gasteiger partial charge in [0.1, 0.15) is 16.4 Å². The van der Waals surface area contributed by atoms with E-state index in [-0.39, 0.29) is 17.6 Å². The standard InChI is InChI=1S/C24H20FN5O3S/c25-21-8-4-5-9-23(21)34(32,33)27-19-12-10-18(11-13-19)24(31)29-14-20(15-29)30-16-22(26-28-30)17-6-2-1-3-7-17/h1-13,16,20,27H,14-15H2. The number of hydrogen-bond acceptors (Lipinski definition) is 5. The van der Waals surface area contributed by atoms with Crippen LogP contribution in [0.25, 0.3) is 11.3 Å². The molecule has 172 valence electrons. The van der Waals surface area contributed by atoms with Gasteiger partial charge >= 0.3 is 0 Å². The minimum atomic E-state index is -4.08. The summed E-state index contributed by atoms with van der Waals surface area (Å²) in [5, 5.41) is 8.41. The quantitative estimate of drug-likeness (QED) is 0.458. The molecule has 2 heterocycles. The van der Waals surface area contributed by atoms with E-state index in [1.807, 2.05) is 36.5 Å². The molecule has 8 nitrogen and oxygen atoms in total. The summed E-state index contributed by atoms with van der Waals surface area (Å²) in [4.78, 5) is 14.0. The van der Waals surface area contributed by atoms with Gasteiger partial charge in [-0.1, -0.05) is 47.7 Å². The normalized spacial score (nSPS) is 14.0. The minimum absolute atomic E-state index is 0.0424. The summed E-state index contributed by atoms with van der Waals surface area (Å²) in [7, 11) is -4.08. The number of carbonyl (C=O) groups excluding carboxylic acids is 1. The van der Waals surface area contributed by atoms with Crippen LogP contribution >= 0.6 is 0 Å². The molecule has 1 saturated heterocycles. The van der Waals surface area contributed by atoms with Crippen molar-refractivity contribution in [1.29, 1.82) is 0 Å². The van der Waals surface area contributed by atoms with Gasteiger partial charge in [-0.3, -0.25) is 9.52 Å². The Bertz CT molecular complexity index is 1430. The van der Waals surface area contributed by atoms with E-state index >= 15 is 0 Å². The first-order valence-corrected chi connectivity index (χ1v) is 12.0. The number of aromatic nitrogens is 3. The second kappa shape index (κ2) is 8.71. The van der Waals surface area contributed by atoms with Gasteiger partial charge in [-0.25, -0.2) is 17.5 Å². The monoisotopic (exact) mass is 477 g/mol. The molecule has 1 fully saturated rings. The number of carbonyl (C=O) groups is 1. The molecule has 1 amide bonds.